The molecule has 5 aromatic carbocycles. The number of fused-ring (bicyclic) bond motifs is 7. The van der Waals surface area contributed by atoms with Gasteiger partial charge in [-0.05, 0) is 43.2 Å². The van der Waals surface area contributed by atoms with Gasteiger partial charge in [-0.3, -0.25) is 4.57 Å². The first-order valence-corrected chi connectivity index (χ1v) is 17.4. The van der Waals surface area contributed by atoms with Gasteiger partial charge in [0, 0.05) is 68.4 Å². The van der Waals surface area contributed by atoms with Gasteiger partial charge < -0.3 is 4.40 Å². The molecule has 0 bridgehead atoms. The van der Waals surface area contributed by atoms with Crippen LogP contribution in [0.15, 0.2) is 103 Å². The maximum absolute atomic E-state index is 5.47. The lowest BCUT2D eigenvalue weighted by Gasteiger charge is -2.12. The van der Waals surface area contributed by atoms with Crippen molar-refractivity contribution < 1.29 is 0 Å². The molecule has 11 aromatic rings. The number of benzene rings is 5. The zero-order chi connectivity index (χ0) is 29.7. The van der Waals surface area contributed by atoms with Crippen LogP contribution in [0.5, 0.6) is 0 Å². The predicted molar refractivity (Wildman–Crippen MR) is 195 cm³/mol. The monoisotopic (exact) mass is 622 g/mol. The van der Waals surface area contributed by atoms with Crippen molar-refractivity contribution >= 4 is 107 Å². The van der Waals surface area contributed by atoms with Crippen LogP contribution in [0.2, 0.25) is 0 Å². The molecule has 0 fully saturated rings. The normalized spacial score (nSPS) is 13.7. The first kappa shape index (κ1) is 24.0. The Kier molecular flexibility index (Phi) is 4.32. The first-order valence-electron chi connectivity index (χ1n) is 15.7. The summed E-state index contributed by atoms with van der Waals surface area (Å²) in [5.41, 5.74) is 7.31. The van der Waals surface area contributed by atoms with Crippen molar-refractivity contribution in [2.45, 2.75) is 12.8 Å². The molecule has 214 valence electrons. The Labute approximate surface area is 269 Å². The van der Waals surface area contributed by atoms with Crippen molar-refractivity contribution in [2.75, 3.05) is 0 Å². The second-order valence-electron chi connectivity index (χ2n) is 12.4. The molecule has 0 aliphatic heterocycles. The Balaban J connectivity index is 1.32. The molecule has 0 N–H and O–H groups in total. The highest BCUT2D eigenvalue weighted by Crippen LogP contribution is 2.48. The van der Waals surface area contributed by atoms with E-state index in [1.165, 1.54) is 79.4 Å². The number of thiophene rings is 2. The average molecular weight is 623 g/mol. The summed E-state index contributed by atoms with van der Waals surface area (Å²) >= 11 is 3.66. The van der Waals surface area contributed by atoms with Crippen LogP contribution in [0.4, 0.5) is 0 Å². The van der Waals surface area contributed by atoms with Crippen LogP contribution in [-0.4, -0.2) is 18.9 Å². The molecule has 6 aromatic heterocycles. The minimum Gasteiger partial charge on any atom is -0.312 e. The Morgan fingerprint density at radius 1 is 0.565 bits per heavy atom. The molecular formula is C40H22N4S2. The van der Waals surface area contributed by atoms with Crippen molar-refractivity contribution in [3.8, 4) is 17.2 Å². The summed E-state index contributed by atoms with van der Waals surface area (Å²) in [7, 11) is 0. The molecule has 0 atom stereocenters. The summed E-state index contributed by atoms with van der Waals surface area (Å²) in [5, 5.41) is 11.7. The highest BCUT2D eigenvalue weighted by Gasteiger charge is 2.28. The standard InChI is InChI=1S/C40H22N4S2/c1-2-9-21(10-3-1)37-32-24-12-5-7-16-29(24)46-39(32)42-40(41-37)44-27-15-8-14-26-33(27)34-28(44)18-20-30-35(34)36-31(45-30)19-17-23-22-11-4-6-13-25(22)43(26)38(23)36/h1-7,9-13,15-20H,8,14H2. The molecular weight excluding hydrogens is 601 g/mol. The molecule has 0 amide bonds. The van der Waals surface area contributed by atoms with Crippen LogP contribution < -0.4 is 5.35 Å². The zero-order valence-electron chi connectivity index (χ0n) is 24.4. The molecule has 0 spiro atoms. The van der Waals surface area contributed by atoms with Gasteiger partial charge in [0.1, 0.15) is 4.83 Å². The third-order valence-electron chi connectivity index (χ3n) is 10.2. The summed E-state index contributed by atoms with van der Waals surface area (Å²) < 4.78 is 8.88. The third-order valence-corrected chi connectivity index (χ3v) is 12.3. The Bertz CT molecular complexity index is 3140. The van der Waals surface area contributed by atoms with E-state index in [4.69, 9.17) is 9.97 Å². The molecule has 0 unspecified atom stereocenters. The van der Waals surface area contributed by atoms with Crippen molar-refractivity contribution in [3.63, 3.8) is 0 Å². The number of nitrogens with zero attached hydrogens (tertiary/aromatic N) is 4. The maximum Gasteiger partial charge on any atom is 0.236 e. The van der Waals surface area contributed by atoms with Crippen molar-refractivity contribution in [2.24, 2.45) is 0 Å². The van der Waals surface area contributed by atoms with Crippen LogP contribution in [-0.2, 0) is 6.42 Å². The number of hydrogen-bond donors (Lipinski definition) is 0. The van der Waals surface area contributed by atoms with Gasteiger partial charge in [0.05, 0.1) is 27.6 Å². The van der Waals surface area contributed by atoms with E-state index in [1.54, 1.807) is 11.3 Å². The second-order valence-corrected chi connectivity index (χ2v) is 14.5. The summed E-state index contributed by atoms with van der Waals surface area (Å²) in [4.78, 5) is 11.9. The van der Waals surface area contributed by atoms with E-state index in [-0.39, 0.29) is 0 Å². The zero-order valence-corrected chi connectivity index (χ0v) is 26.0. The van der Waals surface area contributed by atoms with Gasteiger partial charge in [-0.2, -0.15) is 0 Å². The van der Waals surface area contributed by atoms with Crippen molar-refractivity contribution in [1.29, 1.82) is 0 Å². The van der Waals surface area contributed by atoms with Gasteiger partial charge in [-0.1, -0.05) is 78.9 Å². The molecule has 0 saturated carbocycles. The average Bonchev–Trinajstić information content (AvgIpc) is 3.82. The minimum absolute atomic E-state index is 0.740. The predicted octanol–water partition coefficient (Wildman–Crippen LogP) is 10.3. The van der Waals surface area contributed by atoms with E-state index in [1.807, 2.05) is 11.3 Å². The summed E-state index contributed by atoms with van der Waals surface area (Å²) in [6.07, 6.45) is 4.38. The second kappa shape index (κ2) is 8.29. The lowest BCUT2D eigenvalue weighted by atomic mass is 10.0. The van der Waals surface area contributed by atoms with Gasteiger partial charge >= 0.3 is 0 Å². The van der Waals surface area contributed by atoms with E-state index < -0.39 is 0 Å². The molecule has 46 heavy (non-hydrogen) atoms. The molecule has 6 heteroatoms. The summed E-state index contributed by atoms with van der Waals surface area (Å²) in [6, 6.07) is 37.5. The molecule has 12 rings (SSSR count). The van der Waals surface area contributed by atoms with Crippen LogP contribution in [0, 0.1) is 0 Å². The first-order chi connectivity index (χ1) is 22.8. The number of aryl methyl sites for hydroxylation is 1. The molecule has 6 heterocycles. The van der Waals surface area contributed by atoms with Gasteiger partial charge in [0.2, 0.25) is 5.95 Å². The Morgan fingerprint density at radius 2 is 1.37 bits per heavy atom. The molecule has 4 nitrogen and oxygen atoms in total. The largest absolute Gasteiger partial charge is 0.312 e. The van der Waals surface area contributed by atoms with E-state index in [2.05, 4.69) is 118 Å². The van der Waals surface area contributed by atoms with E-state index >= 15 is 0 Å². The fourth-order valence-corrected chi connectivity index (χ4v) is 10.6. The number of para-hydroxylation sites is 1. The van der Waals surface area contributed by atoms with Gasteiger partial charge in [0.25, 0.3) is 0 Å². The topological polar surface area (TPSA) is 35.1 Å². The highest BCUT2D eigenvalue weighted by molar-refractivity contribution is 7.26. The van der Waals surface area contributed by atoms with Gasteiger partial charge in [-0.15, -0.1) is 22.7 Å². The number of rotatable bonds is 2. The lowest BCUT2D eigenvalue weighted by Crippen LogP contribution is -2.20. The van der Waals surface area contributed by atoms with E-state index in [9.17, 15) is 0 Å². The van der Waals surface area contributed by atoms with Gasteiger partial charge in [0.15, 0.2) is 0 Å². The van der Waals surface area contributed by atoms with Crippen molar-refractivity contribution in [3.05, 3.63) is 114 Å². The highest BCUT2D eigenvalue weighted by atomic mass is 32.1. The minimum atomic E-state index is 0.740. The van der Waals surface area contributed by atoms with E-state index in [0.717, 1.165) is 40.3 Å². The summed E-state index contributed by atoms with van der Waals surface area (Å²) in [5.74, 6) is 0.740. The number of hydrogen-bond acceptors (Lipinski definition) is 4. The molecule has 0 radical (unpaired) electrons. The maximum atomic E-state index is 5.47. The quantitative estimate of drug-likeness (QED) is 0.192. The lowest BCUT2D eigenvalue weighted by molar-refractivity contribution is 0.914. The van der Waals surface area contributed by atoms with Crippen LogP contribution in [0.1, 0.15) is 12.1 Å². The van der Waals surface area contributed by atoms with Crippen LogP contribution in [0.25, 0.3) is 102 Å². The SMILES string of the molecule is C1=c2c3c(n4c5ccccc5c5ccc6sc7ccc(c3c7c6c54)n2-c2nc(-c3ccccc3)c3c(n2)sc2ccccc23)CC1. The van der Waals surface area contributed by atoms with Crippen LogP contribution >= 0.6 is 22.7 Å². The Morgan fingerprint density at radius 3 is 2.30 bits per heavy atom. The third kappa shape index (κ3) is 2.78. The fourth-order valence-electron chi connectivity index (χ4n) is 8.39. The smallest absolute Gasteiger partial charge is 0.236 e. The number of aromatic nitrogens is 4. The molecule has 1 aliphatic carbocycles. The van der Waals surface area contributed by atoms with Crippen LogP contribution in [0.3, 0.4) is 0 Å². The van der Waals surface area contributed by atoms with Gasteiger partial charge in [-0.25, -0.2) is 9.97 Å². The molecule has 1 aliphatic rings. The van der Waals surface area contributed by atoms with E-state index in [0.29, 0.717) is 0 Å². The Hall–Kier alpha value is -5.30. The fraction of sp³-hybridized carbons (Fsp3) is 0.0500. The van der Waals surface area contributed by atoms with Crippen molar-refractivity contribution in [1.82, 2.24) is 18.9 Å². The molecule has 0 saturated heterocycles. The summed E-state index contributed by atoms with van der Waals surface area (Å²) in [6.45, 7) is 0.